The van der Waals surface area contributed by atoms with E-state index in [4.69, 9.17) is 0 Å². The van der Waals surface area contributed by atoms with E-state index in [0.29, 0.717) is 0 Å². The molecule has 0 spiro atoms. The van der Waals surface area contributed by atoms with Crippen LogP contribution in [-0.2, 0) is 17.3 Å². The first-order valence-corrected chi connectivity index (χ1v) is 11.3. The molecule has 2 aromatic carbocycles. The second-order valence-electron chi connectivity index (χ2n) is 6.88. The number of nitrogens with one attached hydrogen (secondary N) is 1. The molecule has 1 N–H and O–H groups in total. The minimum Gasteiger partial charge on any atom is -0.339 e. The van der Waals surface area contributed by atoms with Crippen LogP contribution in [-0.4, -0.2) is 17.3 Å². The third-order valence-corrected chi connectivity index (χ3v) is 7.82. The van der Waals surface area contributed by atoms with Crippen molar-refractivity contribution in [2.24, 2.45) is 0 Å². The Morgan fingerprint density at radius 3 is 2.70 bits per heavy atom. The predicted molar refractivity (Wildman–Crippen MR) is 115 cm³/mol. The summed E-state index contributed by atoms with van der Waals surface area (Å²) in [5.74, 6) is 0. The summed E-state index contributed by atoms with van der Waals surface area (Å²) >= 11 is 1.59. The van der Waals surface area contributed by atoms with E-state index in [1.807, 2.05) is 12.1 Å². The van der Waals surface area contributed by atoms with E-state index in [1.54, 1.807) is 11.3 Å². The maximum Gasteiger partial charge on any atom is 0.120 e. The van der Waals surface area contributed by atoms with E-state index in [2.05, 4.69) is 65.8 Å². The van der Waals surface area contributed by atoms with E-state index in [-0.39, 0.29) is 0 Å². The highest BCUT2D eigenvalue weighted by molar-refractivity contribution is 7.87. The molecule has 0 radical (unpaired) electrons. The number of benzene rings is 2. The van der Waals surface area contributed by atoms with Crippen LogP contribution in [0.15, 0.2) is 63.0 Å². The average molecular weight is 397 g/mol. The molecule has 0 bridgehead atoms. The maximum atomic E-state index is 13.0. The highest BCUT2D eigenvalue weighted by Gasteiger charge is 2.30. The Labute approximate surface area is 167 Å². The van der Waals surface area contributed by atoms with Crippen LogP contribution in [0.1, 0.15) is 23.1 Å². The molecule has 3 nitrogen and oxygen atoms in total. The lowest BCUT2D eigenvalue weighted by molar-refractivity contribution is 0.647. The molecule has 1 unspecified atom stereocenters. The van der Waals surface area contributed by atoms with Gasteiger partial charge in [0, 0.05) is 13.1 Å². The van der Waals surface area contributed by atoms with Crippen LogP contribution in [0.2, 0.25) is 0 Å². The molecule has 0 fully saturated rings. The molecule has 1 aromatic heterocycles. The summed E-state index contributed by atoms with van der Waals surface area (Å²) < 4.78 is 14.0. The topological polar surface area (TPSA) is 32.3 Å². The molecule has 2 heterocycles. The van der Waals surface area contributed by atoms with Crippen LogP contribution < -0.4 is 10.2 Å². The lowest BCUT2D eigenvalue weighted by atomic mass is 10.1. The lowest BCUT2D eigenvalue weighted by Crippen LogP contribution is -2.27. The minimum atomic E-state index is -1.07. The van der Waals surface area contributed by atoms with Gasteiger partial charge in [-0.3, -0.25) is 0 Å². The summed E-state index contributed by atoms with van der Waals surface area (Å²) in [6, 6.07) is 16.7. The number of hydrogen-bond acceptors (Lipinski definition) is 4. The molecule has 140 valence electrons. The first-order chi connectivity index (χ1) is 13.2. The summed E-state index contributed by atoms with van der Waals surface area (Å²) in [4.78, 5) is 3.32. The molecule has 1 aliphatic heterocycles. The van der Waals surface area contributed by atoms with Gasteiger partial charge >= 0.3 is 0 Å². The molecule has 1 aliphatic rings. The van der Waals surface area contributed by atoms with E-state index in [1.165, 1.54) is 16.7 Å². The highest BCUT2D eigenvalue weighted by atomic mass is 32.2. The fraction of sp³-hybridized carbons (Fsp3) is 0.273. The van der Waals surface area contributed by atoms with Gasteiger partial charge in [-0.1, -0.05) is 36.4 Å². The standard InChI is InChI=1S/C22H24N2OS2/c1-16-9-10-20-21(17(16)2)24(19-11-14-26-22(19)27(20)25)13-6-12-23-15-18-7-4-3-5-8-18/h3-5,7-11,14,23H,6,12-13,15H2,1-2H3. The summed E-state index contributed by atoms with van der Waals surface area (Å²) in [5, 5.41) is 5.59. The SMILES string of the molecule is Cc1ccc2c(c1C)N(CCCNCc1ccccc1)c1ccsc1S2=O. The Bertz CT molecular complexity index is 966. The van der Waals surface area contributed by atoms with Crippen LogP contribution in [0.4, 0.5) is 11.4 Å². The number of nitrogens with zero attached hydrogens (tertiary/aromatic N) is 1. The first-order valence-electron chi connectivity index (χ1n) is 9.28. The van der Waals surface area contributed by atoms with Gasteiger partial charge in [0.2, 0.25) is 0 Å². The summed E-state index contributed by atoms with van der Waals surface area (Å²) in [6.07, 6.45) is 1.03. The van der Waals surface area contributed by atoms with E-state index in [0.717, 1.165) is 46.5 Å². The third-order valence-electron chi connectivity index (χ3n) is 5.11. The van der Waals surface area contributed by atoms with Gasteiger partial charge in [0.15, 0.2) is 0 Å². The maximum absolute atomic E-state index is 13.0. The third kappa shape index (κ3) is 3.59. The van der Waals surface area contributed by atoms with Crippen molar-refractivity contribution in [2.45, 2.75) is 35.9 Å². The zero-order chi connectivity index (χ0) is 18.8. The van der Waals surface area contributed by atoms with Gasteiger partial charge < -0.3 is 10.2 Å². The first kappa shape index (κ1) is 18.4. The van der Waals surface area contributed by atoms with E-state index < -0.39 is 10.8 Å². The van der Waals surface area contributed by atoms with Gasteiger partial charge in [0.25, 0.3) is 0 Å². The van der Waals surface area contributed by atoms with Crippen LogP contribution in [0.25, 0.3) is 0 Å². The molecule has 0 saturated carbocycles. The van der Waals surface area contributed by atoms with Crippen molar-refractivity contribution in [3.8, 4) is 0 Å². The second-order valence-corrected chi connectivity index (χ2v) is 9.44. The van der Waals surface area contributed by atoms with Crippen molar-refractivity contribution >= 4 is 33.5 Å². The van der Waals surface area contributed by atoms with Crippen molar-refractivity contribution in [3.05, 3.63) is 70.6 Å². The number of thiophene rings is 1. The Balaban J connectivity index is 1.49. The Morgan fingerprint density at radius 2 is 1.89 bits per heavy atom. The zero-order valence-corrected chi connectivity index (χ0v) is 17.3. The minimum absolute atomic E-state index is 0.892. The molecule has 0 amide bonds. The van der Waals surface area contributed by atoms with Crippen LogP contribution in [0.5, 0.6) is 0 Å². The monoisotopic (exact) mass is 396 g/mol. The number of aryl methyl sites for hydroxylation is 1. The molecule has 1 atom stereocenters. The Morgan fingerprint density at radius 1 is 1.07 bits per heavy atom. The van der Waals surface area contributed by atoms with Gasteiger partial charge in [0.1, 0.15) is 4.21 Å². The van der Waals surface area contributed by atoms with Gasteiger partial charge in [0.05, 0.1) is 27.1 Å². The number of anilines is 2. The van der Waals surface area contributed by atoms with Gasteiger partial charge in [-0.25, -0.2) is 4.21 Å². The van der Waals surface area contributed by atoms with E-state index in [9.17, 15) is 4.21 Å². The normalized spacial score (nSPS) is 15.5. The molecule has 27 heavy (non-hydrogen) atoms. The molecule has 5 heteroatoms. The number of rotatable bonds is 6. The highest BCUT2D eigenvalue weighted by Crippen LogP contribution is 2.46. The van der Waals surface area contributed by atoms with E-state index >= 15 is 0 Å². The van der Waals surface area contributed by atoms with Gasteiger partial charge in [-0.05, 0) is 61.0 Å². The zero-order valence-electron chi connectivity index (χ0n) is 15.7. The second kappa shape index (κ2) is 7.97. The molecular weight excluding hydrogens is 372 g/mol. The van der Waals surface area contributed by atoms with Crippen molar-refractivity contribution in [1.82, 2.24) is 5.32 Å². The predicted octanol–water partition coefficient (Wildman–Crippen LogP) is 5.16. The smallest absolute Gasteiger partial charge is 0.120 e. The fourth-order valence-electron chi connectivity index (χ4n) is 3.53. The lowest BCUT2D eigenvalue weighted by Gasteiger charge is -2.33. The Hall–Kier alpha value is -1.95. The van der Waals surface area contributed by atoms with Crippen molar-refractivity contribution < 1.29 is 4.21 Å². The van der Waals surface area contributed by atoms with Gasteiger partial charge in [-0.15, -0.1) is 11.3 Å². The molecular formula is C22H24N2OS2. The van der Waals surface area contributed by atoms with Crippen LogP contribution in [0.3, 0.4) is 0 Å². The van der Waals surface area contributed by atoms with Gasteiger partial charge in [-0.2, -0.15) is 0 Å². The molecule has 0 aliphatic carbocycles. The molecule has 3 aromatic rings. The summed E-state index contributed by atoms with van der Waals surface area (Å²) in [7, 11) is -1.07. The van der Waals surface area contributed by atoms with Crippen LogP contribution >= 0.6 is 11.3 Å². The van der Waals surface area contributed by atoms with Crippen molar-refractivity contribution in [1.29, 1.82) is 0 Å². The summed E-state index contributed by atoms with van der Waals surface area (Å²) in [5.41, 5.74) is 6.04. The quantitative estimate of drug-likeness (QED) is 0.584. The average Bonchev–Trinajstić information content (AvgIpc) is 3.17. The molecule has 0 saturated heterocycles. The Kier molecular flexibility index (Phi) is 5.43. The van der Waals surface area contributed by atoms with Crippen LogP contribution in [0, 0.1) is 13.8 Å². The molecule has 4 rings (SSSR count). The largest absolute Gasteiger partial charge is 0.339 e. The summed E-state index contributed by atoms with van der Waals surface area (Å²) in [6.45, 7) is 7.03. The van der Waals surface area contributed by atoms with Crippen molar-refractivity contribution in [2.75, 3.05) is 18.0 Å². The fourth-order valence-corrected chi connectivity index (χ4v) is 6.14. The number of fused-ring (bicyclic) bond motifs is 2. The van der Waals surface area contributed by atoms with Crippen molar-refractivity contribution in [3.63, 3.8) is 0 Å². The number of hydrogen-bond donors (Lipinski definition) is 1.